The van der Waals surface area contributed by atoms with E-state index in [1.807, 2.05) is 0 Å². The zero-order valence-corrected chi connectivity index (χ0v) is 14.6. The molecule has 1 aromatic rings. The van der Waals surface area contributed by atoms with E-state index in [0.29, 0.717) is 0 Å². The molecule has 23 heavy (non-hydrogen) atoms. The van der Waals surface area contributed by atoms with E-state index in [0.717, 1.165) is 24.4 Å². The monoisotopic (exact) mass is 315 g/mol. The fraction of sp³-hybridized carbons (Fsp3) is 0.714. The lowest BCUT2D eigenvalue weighted by atomic mass is 9.84. The van der Waals surface area contributed by atoms with Crippen LogP contribution >= 0.6 is 0 Å². The van der Waals surface area contributed by atoms with Crippen LogP contribution in [0.15, 0.2) is 24.3 Å². The van der Waals surface area contributed by atoms with Gasteiger partial charge in [0.1, 0.15) is 0 Å². The molecule has 2 nitrogen and oxygen atoms in total. The quantitative estimate of drug-likeness (QED) is 0.823. The van der Waals surface area contributed by atoms with E-state index in [1.165, 1.54) is 76.4 Å². The Hall–Kier alpha value is -0.860. The van der Waals surface area contributed by atoms with Crippen molar-refractivity contribution >= 4 is 0 Å². The van der Waals surface area contributed by atoms with Crippen LogP contribution in [0, 0.1) is 0 Å². The number of likely N-dealkylation sites (tertiary alicyclic amines) is 1. The summed E-state index contributed by atoms with van der Waals surface area (Å²) in [6, 6.07) is 8.86. The van der Waals surface area contributed by atoms with Crippen molar-refractivity contribution in [3.8, 4) is 0 Å². The van der Waals surface area contributed by atoms with Crippen LogP contribution in [0.2, 0.25) is 0 Å². The second-order valence-electron chi connectivity index (χ2n) is 7.56. The molecule has 1 heterocycles. The van der Waals surface area contributed by atoms with Gasteiger partial charge in [-0.2, -0.15) is 0 Å². The number of benzene rings is 1. The third-order valence-corrected chi connectivity index (χ3v) is 5.82. The van der Waals surface area contributed by atoms with Crippen LogP contribution in [0.4, 0.5) is 0 Å². The molecule has 2 aliphatic rings. The molecular weight excluding hydrogens is 282 g/mol. The van der Waals surface area contributed by atoms with Gasteiger partial charge in [0.15, 0.2) is 0 Å². The highest BCUT2D eigenvalue weighted by Crippen LogP contribution is 2.33. The van der Waals surface area contributed by atoms with Crippen molar-refractivity contribution in [2.45, 2.75) is 76.2 Å². The molecule has 2 heteroatoms. The van der Waals surface area contributed by atoms with Crippen LogP contribution in [0.3, 0.4) is 0 Å². The minimum Gasteiger partial charge on any atom is -0.388 e. The Labute approximate surface area is 141 Å². The largest absolute Gasteiger partial charge is 0.388 e. The smallest absolute Gasteiger partial charge is 0.0802 e. The molecule has 0 aromatic heterocycles. The van der Waals surface area contributed by atoms with Crippen molar-refractivity contribution in [1.82, 2.24) is 4.90 Å². The molecule has 1 aromatic carbocycles. The highest BCUT2D eigenvalue weighted by atomic mass is 16.3. The van der Waals surface area contributed by atoms with Crippen molar-refractivity contribution < 1.29 is 5.11 Å². The molecule has 1 aliphatic carbocycles. The average Bonchev–Trinajstić information content (AvgIpc) is 2.89. The van der Waals surface area contributed by atoms with Gasteiger partial charge >= 0.3 is 0 Å². The summed E-state index contributed by atoms with van der Waals surface area (Å²) in [5, 5.41) is 10.5. The Morgan fingerprint density at radius 2 is 1.48 bits per heavy atom. The molecule has 3 rings (SSSR count). The summed E-state index contributed by atoms with van der Waals surface area (Å²) in [7, 11) is 0. The van der Waals surface area contributed by atoms with E-state index in [-0.39, 0.29) is 6.10 Å². The number of hydrogen-bond acceptors (Lipinski definition) is 2. The van der Waals surface area contributed by atoms with Gasteiger partial charge in [-0.3, -0.25) is 0 Å². The maximum Gasteiger partial charge on any atom is 0.0802 e. The number of hydrogen-bond donors (Lipinski definition) is 1. The Balaban J connectivity index is 1.49. The van der Waals surface area contributed by atoms with Gasteiger partial charge in [-0.1, -0.05) is 56.4 Å². The maximum absolute atomic E-state index is 10.5. The van der Waals surface area contributed by atoms with Gasteiger partial charge in [0.2, 0.25) is 0 Å². The number of aliphatic hydroxyl groups is 1. The Morgan fingerprint density at radius 1 is 0.870 bits per heavy atom. The third-order valence-electron chi connectivity index (χ3n) is 5.82. The molecule has 0 bridgehead atoms. The Kier molecular flexibility index (Phi) is 6.53. The van der Waals surface area contributed by atoms with Crippen LogP contribution in [-0.2, 0) is 0 Å². The Morgan fingerprint density at radius 3 is 2.13 bits per heavy atom. The average molecular weight is 316 g/mol. The molecule has 0 amide bonds. The first-order valence-corrected chi connectivity index (χ1v) is 9.83. The van der Waals surface area contributed by atoms with Gasteiger partial charge in [0.05, 0.1) is 6.10 Å². The summed E-state index contributed by atoms with van der Waals surface area (Å²) < 4.78 is 0. The van der Waals surface area contributed by atoms with Crippen LogP contribution in [0.25, 0.3) is 0 Å². The number of aliphatic hydroxyl groups excluding tert-OH is 1. The molecule has 1 atom stereocenters. The molecule has 1 aliphatic heterocycles. The van der Waals surface area contributed by atoms with E-state index in [2.05, 4.69) is 29.2 Å². The van der Waals surface area contributed by atoms with Crippen molar-refractivity contribution in [2.75, 3.05) is 19.6 Å². The normalized spacial score (nSPS) is 22.7. The van der Waals surface area contributed by atoms with Gasteiger partial charge in [-0.25, -0.2) is 0 Å². The predicted molar refractivity (Wildman–Crippen MR) is 96.8 cm³/mol. The van der Waals surface area contributed by atoms with Gasteiger partial charge < -0.3 is 10.0 Å². The fourth-order valence-electron chi connectivity index (χ4n) is 4.26. The second kappa shape index (κ2) is 8.84. The topological polar surface area (TPSA) is 23.5 Å². The van der Waals surface area contributed by atoms with Gasteiger partial charge in [-0.05, 0) is 62.2 Å². The Bertz CT molecular complexity index is 441. The van der Waals surface area contributed by atoms with E-state index >= 15 is 0 Å². The molecule has 0 spiro atoms. The first kappa shape index (κ1) is 17.0. The van der Waals surface area contributed by atoms with Gasteiger partial charge in [0, 0.05) is 6.54 Å². The lowest BCUT2D eigenvalue weighted by Gasteiger charge is -2.23. The zero-order chi connectivity index (χ0) is 15.9. The summed E-state index contributed by atoms with van der Waals surface area (Å²) in [6.45, 7) is 3.46. The van der Waals surface area contributed by atoms with E-state index in [1.54, 1.807) is 0 Å². The van der Waals surface area contributed by atoms with Gasteiger partial charge in [0.25, 0.3) is 0 Å². The molecule has 1 N–H and O–H groups in total. The van der Waals surface area contributed by atoms with Crippen LogP contribution in [0.5, 0.6) is 0 Å². The van der Waals surface area contributed by atoms with E-state index in [9.17, 15) is 5.11 Å². The molecular formula is C21H33NO. The standard InChI is InChI=1S/C21H33NO/c23-21(14-17-22-15-6-1-2-7-16-22)20-12-10-19(11-13-20)18-8-4-3-5-9-18/h10-13,18,21,23H,1-9,14-17H2. The minimum atomic E-state index is -0.307. The molecule has 1 saturated carbocycles. The lowest BCUT2D eigenvalue weighted by molar-refractivity contribution is 0.143. The molecule has 0 radical (unpaired) electrons. The predicted octanol–water partition coefficient (Wildman–Crippen LogP) is 5.03. The zero-order valence-electron chi connectivity index (χ0n) is 14.6. The lowest BCUT2D eigenvalue weighted by Crippen LogP contribution is -2.26. The van der Waals surface area contributed by atoms with Crippen LogP contribution in [-0.4, -0.2) is 29.6 Å². The summed E-state index contributed by atoms with van der Waals surface area (Å²) in [4.78, 5) is 2.53. The molecule has 1 unspecified atom stereocenters. The summed E-state index contributed by atoms with van der Waals surface area (Å²) in [6.07, 6.45) is 12.8. The summed E-state index contributed by atoms with van der Waals surface area (Å²) in [5.74, 6) is 0.757. The summed E-state index contributed by atoms with van der Waals surface area (Å²) >= 11 is 0. The van der Waals surface area contributed by atoms with Crippen molar-refractivity contribution in [2.24, 2.45) is 0 Å². The highest BCUT2D eigenvalue weighted by molar-refractivity contribution is 5.27. The van der Waals surface area contributed by atoms with E-state index in [4.69, 9.17) is 0 Å². The van der Waals surface area contributed by atoms with Crippen LogP contribution in [0.1, 0.15) is 87.4 Å². The molecule has 128 valence electrons. The SMILES string of the molecule is OC(CCN1CCCCCC1)c1ccc(C2CCCCC2)cc1. The maximum atomic E-state index is 10.5. The first-order valence-electron chi connectivity index (χ1n) is 9.83. The van der Waals surface area contributed by atoms with Gasteiger partial charge in [-0.15, -0.1) is 0 Å². The molecule has 1 saturated heterocycles. The molecule has 2 fully saturated rings. The fourth-order valence-corrected chi connectivity index (χ4v) is 4.26. The van der Waals surface area contributed by atoms with E-state index < -0.39 is 0 Å². The van der Waals surface area contributed by atoms with Crippen molar-refractivity contribution in [1.29, 1.82) is 0 Å². The minimum absolute atomic E-state index is 0.307. The third kappa shape index (κ3) is 5.06. The van der Waals surface area contributed by atoms with Crippen molar-refractivity contribution in [3.05, 3.63) is 35.4 Å². The second-order valence-corrected chi connectivity index (χ2v) is 7.56. The van der Waals surface area contributed by atoms with Crippen molar-refractivity contribution in [3.63, 3.8) is 0 Å². The summed E-state index contributed by atoms with van der Waals surface area (Å²) in [5.41, 5.74) is 2.58. The highest BCUT2D eigenvalue weighted by Gasteiger charge is 2.17. The first-order chi connectivity index (χ1) is 11.3. The number of nitrogens with zero attached hydrogens (tertiary/aromatic N) is 1. The van der Waals surface area contributed by atoms with Crippen LogP contribution < -0.4 is 0 Å². The number of rotatable bonds is 5.